The Balaban J connectivity index is 1.62. The van der Waals surface area contributed by atoms with Gasteiger partial charge in [0, 0.05) is 38.2 Å². The average molecular weight is 306 g/mol. The fraction of sp³-hybridized carbons (Fsp3) is 0.500. The van der Waals surface area contributed by atoms with Crippen LogP contribution in [0.25, 0.3) is 0 Å². The second kappa shape index (κ2) is 8.36. The Kier molecular flexibility index (Phi) is 6.18. The molecule has 3 N–H and O–H groups in total. The van der Waals surface area contributed by atoms with Gasteiger partial charge in [0.25, 0.3) is 0 Å². The summed E-state index contributed by atoms with van der Waals surface area (Å²) in [4.78, 5) is 15.6. The first-order chi connectivity index (χ1) is 10.7. The van der Waals surface area contributed by atoms with Crippen molar-refractivity contribution in [3.63, 3.8) is 0 Å². The lowest BCUT2D eigenvalue weighted by Crippen LogP contribution is -2.37. The number of halogens is 1. The molecule has 1 aliphatic rings. The summed E-state index contributed by atoms with van der Waals surface area (Å²) in [6, 6.07) is 7.05. The molecular formula is C16H23FN4O. The number of benzene rings is 1. The fourth-order valence-corrected chi connectivity index (χ4v) is 2.02. The zero-order chi connectivity index (χ0) is 15.8. The van der Waals surface area contributed by atoms with Crippen LogP contribution in [0.1, 0.15) is 31.2 Å². The Morgan fingerprint density at radius 3 is 2.77 bits per heavy atom. The first kappa shape index (κ1) is 16.3. The van der Waals surface area contributed by atoms with Crippen molar-refractivity contribution in [1.82, 2.24) is 16.0 Å². The number of guanidine groups is 1. The number of hydrogen-bond donors (Lipinski definition) is 3. The minimum absolute atomic E-state index is 0.110. The van der Waals surface area contributed by atoms with Gasteiger partial charge < -0.3 is 16.0 Å². The third-order valence-electron chi connectivity index (χ3n) is 3.44. The van der Waals surface area contributed by atoms with Crippen molar-refractivity contribution in [2.75, 3.05) is 13.6 Å². The largest absolute Gasteiger partial charge is 0.356 e. The van der Waals surface area contributed by atoms with Crippen LogP contribution in [0, 0.1) is 5.82 Å². The normalized spacial score (nSPS) is 14.5. The van der Waals surface area contributed by atoms with Gasteiger partial charge in [-0.15, -0.1) is 0 Å². The van der Waals surface area contributed by atoms with E-state index in [1.165, 1.54) is 6.07 Å². The summed E-state index contributed by atoms with van der Waals surface area (Å²) in [6.45, 7) is 1.02. The van der Waals surface area contributed by atoms with Gasteiger partial charge in [0.2, 0.25) is 5.91 Å². The number of amides is 1. The number of aliphatic imine (C=N–C) groups is 1. The number of nitrogens with one attached hydrogen (secondary N) is 3. The highest BCUT2D eigenvalue weighted by molar-refractivity contribution is 5.80. The molecule has 0 aromatic heterocycles. The van der Waals surface area contributed by atoms with Gasteiger partial charge in [-0.2, -0.15) is 0 Å². The Labute approximate surface area is 130 Å². The Bertz CT molecular complexity index is 529. The molecule has 6 heteroatoms. The van der Waals surface area contributed by atoms with E-state index in [1.807, 2.05) is 0 Å². The van der Waals surface area contributed by atoms with Gasteiger partial charge in [-0.1, -0.05) is 18.2 Å². The van der Waals surface area contributed by atoms with Crippen molar-refractivity contribution in [3.8, 4) is 0 Å². The molecule has 0 spiro atoms. The van der Waals surface area contributed by atoms with Crippen LogP contribution in [0.2, 0.25) is 0 Å². The van der Waals surface area contributed by atoms with Gasteiger partial charge in [0.15, 0.2) is 5.96 Å². The molecule has 120 valence electrons. The number of rotatable bonds is 7. The maximum atomic E-state index is 13.5. The van der Waals surface area contributed by atoms with Crippen molar-refractivity contribution >= 4 is 11.9 Å². The minimum Gasteiger partial charge on any atom is -0.356 e. The predicted octanol–water partition coefficient (Wildman–Crippen LogP) is 1.55. The van der Waals surface area contributed by atoms with E-state index in [9.17, 15) is 9.18 Å². The van der Waals surface area contributed by atoms with Crippen LogP contribution in [-0.2, 0) is 11.3 Å². The molecule has 5 nitrogen and oxygen atoms in total. The molecule has 1 fully saturated rings. The average Bonchev–Trinajstić information content (AvgIpc) is 3.32. The highest BCUT2D eigenvalue weighted by Gasteiger charge is 2.22. The molecule has 1 aliphatic carbocycles. The van der Waals surface area contributed by atoms with Crippen LogP contribution in [0.15, 0.2) is 29.3 Å². The van der Waals surface area contributed by atoms with Crippen LogP contribution < -0.4 is 16.0 Å². The van der Waals surface area contributed by atoms with E-state index in [2.05, 4.69) is 20.9 Å². The second-order valence-electron chi connectivity index (χ2n) is 5.39. The van der Waals surface area contributed by atoms with Gasteiger partial charge in [-0.05, 0) is 25.3 Å². The lowest BCUT2D eigenvalue weighted by molar-refractivity contribution is -0.121. The lowest BCUT2D eigenvalue weighted by atomic mass is 10.2. The Hall–Kier alpha value is -2.11. The van der Waals surface area contributed by atoms with Crippen molar-refractivity contribution < 1.29 is 9.18 Å². The van der Waals surface area contributed by atoms with Crippen LogP contribution >= 0.6 is 0 Å². The van der Waals surface area contributed by atoms with E-state index in [4.69, 9.17) is 0 Å². The third-order valence-corrected chi connectivity index (χ3v) is 3.44. The molecule has 0 aliphatic heterocycles. The van der Waals surface area contributed by atoms with Crippen LogP contribution in [0.5, 0.6) is 0 Å². The van der Waals surface area contributed by atoms with Gasteiger partial charge in [0.05, 0.1) is 0 Å². The highest BCUT2D eigenvalue weighted by Crippen LogP contribution is 2.18. The summed E-state index contributed by atoms with van der Waals surface area (Å²) in [5.41, 5.74) is 0.592. The Morgan fingerprint density at radius 2 is 2.09 bits per heavy atom. The second-order valence-corrected chi connectivity index (χ2v) is 5.39. The Morgan fingerprint density at radius 1 is 1.32 bits per heavy atom. The molecule has 0 unspecified atom stereocenters. The SMILES string of the molecule is CN=C(NCCCC(=O)NC1CC1)NCc1ccccc1F. The summed E-state index contributed by atoms with van der Waals surface area (Å²) < 4.78 is 13.5. The van der Waals surface area contributed by atoms with Crippen LogP contribution in [-0.4, -0.2) is 31.5 Å². The van der Waals surface area contributed by atoms with Crippen molar-refractivity contribution in [2.24, 2.45) is 4.99 Å². The van der Waals surface area contributed by atoms with E-state index in [1.54, 1.807) is 25.2 Å². The first-order valence-electron chi connectivity index (χ1n) is 7.66. The standard InChI is InChI=1S/C16H23FN4O/c1-18-16(20-11-12-5-2-3-6-14(12)17)19-10-4-7-15(22)21-13-8-9-13/h2-3,5-6,13H,4,7-11H2,1H3,(H,21,22)(H2,18,19,20). The van der Waals surface area contributed by atoms with Gasteiger partial charge in [-0.3, -0.25) is 9.79 Å². The van der Waals surface area contributed by atoms with Crippen LogP contribution in [0.3, 0.4) is 0 Å². The van der Waals surface area contributed by atoms with E-state index in [-0.39, 0.29) is 11.7 Å². The molecule has 1 amide bonds. The van der Waals surface area contributed by atoms with Gasteiger partial charge in [0.1, 0.15) is 5.82 Å². The van der Waals surface area contributed by atoms with Gasteiger partial charge in [-0.25, -0.2) is 4.39 Å². The molecule has 0 atom stereocenters. The number of carbonyl (C=O) groups is 1. The van der Waals surface area contributed by atoms with Crippen molar-refractivity contribution in [1.29, 1.82) is 0 Å². The highest BCUT2D eigenvalue weighted by atomic mass is 19.1. The quantitative estimate of drug-likeness (QED) is 0.407. The lowest BCUT2D eigenvalue weighted by Gasteiger charge is -2.12. The van der Waals surface area contributed by atoms with Crippen LogP contribution in [0.4, 0.5) is 4.39 Å². The summed E-state index contributed by atoms with van der Waals surface area (Å²) in [6.07, 6.45) is 3.46. The third kappa shape index (κ3) is 5.71. The van der Waals surface area contributed by atoms with E-state index in [0.717, 1.165) is 19.3 Å². The molecule has 1 saturated carbocycles. The molecule has 2 rings (SSSR count). The van der Waals surface area contributed by atoms with E-state index in [0.29, 0.717) is 37.1 Å². The zero-order valence-corrected chi connectivity index (χ0v) is 12.9. The number of hydrogen-bond acceptors (Lipinski definition) is 2. The molecule has 0 radical (unpaired) electrons. The van der Waals surface area contributed by atoms with E-state index >= 15 is 0 Å². The molecule has 1 aromatic rings. The zero-order valence-electron chi connectivity index (χ0n) is 12.9. The number of nitrogens with zero attached hydrogens (tertiary/aromatic N) is 1. The molecule has 0 saturated heterocycles. The van der Waals surface area contributed by atoms with Crippen molar-refractivity contribution in [3.05, 3.63) is 35.6 Å². The van der Waals surface area contributed by atoms with Crippen molar-refractivity contribution in [2.45, 2.75) is 38.3 Å². The molecular weight excluding hydrogens is 283 g/mol. The first-order valence-corrected chi connectivity index (χ1v) is 7.66. The smallest absolute Gasteiger partial charge is 0.220 e. The summed E-state index contributed by atoms with van der Waals surface area (Å²) in [5, 5.41) is 9.13. The molecule has 0 bridgehead atoms. The topological polar surface area (TPSA) is 65.5 Å². The maximum absolute atomic E-state index is 13.5. The van der Waals surface area contributed by atoms with Gasteiger partial charge >= 0.3 is 0 Å². The fourth-order valence-electron chi connectivity index (χ4n) is 2.02. The predicted molar refractivity (Wildman–Crippen MR) is 85.0 cm³/mol. The molecule has 22 heavy (non-hydrogen) atoms. The number of carbonyl (C=O) groups excluding carboxylic acids is 1. The monoisotopic (exact) mass is 306 g/mol. The summed E-state index contributed by atoms with van der Waals surface area (Å²) in [5.74, 6) is 0.478. The molecule has 1 aromatic carbocycles. The summed E-state index contributed by atoms with van der Waals surface area (Å²) >= 11 is 0. The van der Waals surface area contributed by atoms with E-state index < -0.39 is 0 Å². The maximum Gasteiger partial charge on any atom is 0.220 e. The minimum atomic E-state index is -0.234. The summed E-state index contributed by atoms with van der Waals surface area (Å²) in [7, 11) is 1.66. The molecule has 0 heterocycles.